The van der Waals surface area contributed by atoms with Crippen molar-refractivity contribution in [3.8, 4) is 0 Å². The smallest absolute Gasteiger partial charge is 0.363 e. The Balaban J connectivity index is 4.99. The zero-order chi connectivity index (χ0) is 13.4. The Morgan fingerprint density at radius 2 is 1.38 bits per heavy atom. The van der Waals surface area contributed by atoms with Crippen molar-refractivity contribution in [2.45, 2.75) is 17.4 Å². The van der Waals surface area contributed by atoms with Crippen LogP contribution in [0.2, 0.25) is 0 Å². The molecule has 10 heteroatoms. The van der Waals surface area contributed by atoms with Crippen LogP contribution in [0.15, 0.2) is 0 Å². The first-order valence-electron chi connectivity index (χ1n) is 3.55. The minimum Gasteiger partial charge on any atom is -0.363 e. The molecular weight excluding hydrogens is 283 g/mol. The normalized spacial score (nSPS) is 13.8. The van der Waals surface area contributed by atoms with Crippen LogP contribution in [-0.2, 0) is 0 Å². The van der Waals surface area contributed by atoms with Crippen molar-refractivity contribution in [2.75, 3.05) is 14.1 Å². The van der Waals surface area contributed by atoms with E-state index in [4.69, 9.17) is 0 Å². The van der Waals surface area contributed by atoms with Crippen LogP contribution in [0.5, 0.6) is 0 Å². The molecule has 0 fully saturated rings. The molecule has 0 aliphatic heterocycles. The fraction of sp³-hybridized carbons (Fsp3) is 0.833. The van der Waals surface area contributed by atoms with Crippen LogP contribution in [-0.4, -0.2) is 40.7 Å². The van der Waals surface area contributed by atoms with E-state index in [0.717, 1.165) is 19.0 Å². The highest BCUT2D eigenvalue weighted by atomic mass is 32.2. The van der Waals surface area contributed by atoms with Gasteiger partial charge in [0.25, 0.3) is 0 Å². The lowest BCUT2D eigenvalue weighted by molar-refractivity contribution is -0.330. The number of alkyl halides is 7. The lowest BCUT2D eigenvalue weighted by Gasteiger charge is -2.28. The third-order valence-electron chi connectivity index (χ3n) is 1.30. The number of hydrogen-bond donors (Lipinski definition) is 0. The molecule has 0 saturated carbocycles. The summed E-state index contributed by atoms with van der Waals surface area (Å²) in [5.41, 5.74) is 0. The van der Waals surface area contributed by atoms with Crippen molar-refractivity contribution in [3.63, 3.8) is 0 Å². The van der Waals surface area contributed by atoms with Crippen molar-refractivity contribution < 1.29 is 30.7 Å². The third-order valence-corrected chi connectivity index (χ3v) is 2.97. The van der Waals surface area contributed by atoms with Crippen LogP contribution in [0.3, 0.4) is 0 Å². The van der Waals surface area contributed by atoms with E-state index in [1.54, 1.807) is 0 Å². The standard InChI is InChI=1S/C6H6F7NS2/c1-14(2)3(15)16-6(12,13)4(7,8)5(9,10)11/h1-2H3. The Hall–Kier alpha value is -0.250. The van der Waals surface area contributed by atoms with Crippen molar-refractivity contribution in [1.29, 1.82) is 0 Å². The molecule has 0 aliphatic rings. The molecule has 16 heavy (non-hydrogen) atoms. The van der Waals surface area contributed by atoms with Gasteiger partial charge < -0.3 is 4.90 Å². The van der Waals surface area contributed by atoms with E-state index in [1.165, 1.54) is 0 Å². The van der Waals surface area contributed by atoms with E-state index >= 15 is 0 Å². The summed E-state index contributed by atoms with van der Waals surface area (Å²) in [5.74, 6) is -6.13. The molecule has 0 bridgehead atoms. The van der Waals surface area contributed by atoms with Gasteiger partial charge in [-0.15, -0.1) is 0 Å². The van der Waals surface area contributed by atoms with Gasteiger partial charge in [-0.25, -0.2) is 0 Å². The minimum atomic E-state index is -6.33. The fourth-order valence-corrected chi connectivity index (χ4v) is 1.39. The van der Waals surface area contributed by atoms with E-state index in [1.807, 2.05) is 0 Å². The summed E-state index contributed by atoms with van der Waals surface area (Å²) in [7, 11) is 2.30. The van der Waals surface area contributed by atoms with Gasteiger partial charge in [-0.05, 0) is 11.8 Å². The highest BCUT2D eigenvalue weighted by Crippen LogP contribution is 2.52. The van der Waals surface area contributed by atoms with Crippen molar-refractivity contribution in [1.82, 2.24) is 4.90 Å². The number of thiocarbonyl (C=S) groups is 1. The van der Waals surface area contributed by atoms with Gasteiger partial charge in [0, 0.05) is 14.1 Å². The summed E-state index contributed by atoms with van der Waals surface area (Å²) in [6.45, 7) is 0. The molecule has 1 nitrogen and oxygen atoms in total. The average molecular weight is 289 g/mol. The van der Waals surface area contributed by atoms with Crippen LogP contribution in [0.25, 0.3) is 0 Å². The van der Waals surface area contributed by atoms with Gasteiger partial charge in [0.15, 0.2) is 0 Å². The summed E-state index contributed by atoms with van der Waals surface area (Å²) >= 11 is 3.22. The molecule has 0 spiro atoms. The lowest BCUT2D eigenvalue weighted by atomic mass is 10.3. The molecular formula is C6H6F7NS2. The van der Waals surface area contributed by atoms with Crippen LogP contribution < -0.4 is 0 Å². The molecule has 0 amide bonds. The summed E-state index contributed by atoms with van der Waals surface area (Å²) < 4.78 is 84.4. The summed E-state index contributed by atoms with van der Waals surface area (Å²) in [6.07, 6.45) is -6.33. The monoisotopic (exact) mass is 289 g/mol. The van der Waals surface area contributed by atoms with Gasteiger partial charge in [0.2, 0.25) is 0 Å². The average Bonchev–Trinajstić information content (AvgIpc) is 2.00. The number of thioether (sulfide) groups is 1. The number of hydrogen-bond acceptors (Lipinski definition) is 2. The van der Waals surface area contributed by atoms with E-state index in [2.05, 4.69) is 12.2 Å². The molecule has 0 N–H and O–H groups in total. The van der Waals surface area contributed by atoms with Gasteiger partial charge in [0.05, 0.1) is 0 Å². The van der Waals surface area contributed by atoms with E-state index in [-0.39, 0.29) is 0 Å². The first-order chi connectivity index (χ1) is 6.83. The Labute approximate surface area is 96.0 Å². The number of nitrogens with zero attached hydrogens (tertiary/aromatic N) is 1. The molecule has 0 heterocycles. The molecule has 0 rings (SSSR count). The predicted molar refractivity (Wildman–Crippen MR) is 49.8 cm³/mol. The maximum Gasteiger partial charge on any atom is 0.460 e. The first kappa shape index (κ1) is 15.8. The molecule has 96 valence electrons. The minimum absolute atomic E-state index is 0.770. The van der Waals surface area contributed by atoms with Crippen molar-refractivity contribution >= 4 is 28.3 Å². The number of rotatable bonds is 2. The predicted octanol–water partition coefficient (Wildman–Crippen LogP) is 3.36. The molecule has 0 aromatic rings. The van der Waals surface area contributed by atoms with Gasteiger partial charge in [-0.3, -0.25) is 0 Å². The maximum atomic E-state index is 12.7. The second-order valence-corrected chi connectivity index (χ2v) is 4.60. The highest BCUT2D eigenvalue weighted by Gasteiger charge is 2.73. The van der Waals surface area contributed by atoms with Crippen LogP contribution >= 0.6 is 24.0 Å². The summed E-state index contributed by atoms with van der Waals surface area (Å²) in [6, 6.07) is 0. The van der Waals surface area contributed by atoms with Crippen LogP contribution in [0.4, 0.5) is 30.7 Å². The third kappa shape index (κ3) is 3.12. The summed E-state index contributed by atoms with van der Waals surface area (Å²) in [4.78, 5) is 0.834. The zero-order valence-electron chi connectivity index (χ0n) is 7.91. The van der Waals surface area contributed by atoms with Crippen molar-refractivity contribution in [2.24, 2.45) is 0 Å². The van der Waals surface area contributed by atoms with E-state index < -0.39 is 33.4 Å². The Bertz CT molecular complexity index is 273. The van der Waals surface area contributed by atoms with Gasteiger partial charge in [-0.2, -0.15) is 30.7 Å². The van der Waals surface area contributed by atoms with Crippen molar-refractivity contribution in [3.05, 3.63) is 0 Å². The summed E-state index contributed by atoms with van der Waals surface area (Å²) in [5, 5.41) is -5.34. The first-order valence-corrected chi connectivity index (χ1v) is 4.78. The van der Waals surface area contributed by atoms with E-state index in [9.17, 15) is 30.7 Å². The van der Waals surface area contributed by atoms with Gasteiger partial charge in [0.1, 0.15) is 4.32 Å². The van der Waals surface area contributed by atoms with Gasteiger partial charge in [-0.1, -0.05) is 12.2 Å². The Kier molecular flexibility index (Phi) is 4.48. The molecule has 0 aromatic carbocycles. The molecule has 0 radical (unpaired) electrons. The largest absolute Gasteiger partial charge is 0.460 e. The maximum absolute atomic E-state index is 12.7. The van der Waals surface area contributed by atoms with Crippen LogP contribution in [0, 0.1) is 0 Å². The number of halogens is 7. The zero-order valence-corrected chi connectivity index (χ0v) is 9.54. The Morgan fingerprint density at radius 3 is 1.62 bits per heavy atom. The van der Waals surface area contributed by atoms with Crippen LogP contribution in [0.1, 0.15) is 0 Å². The second-order valence-electron chi connectivity index (χ2n) is 2.85. The molecule has 0 atom stereocenters. The molecule has 0 saturated heterocycles. The fourth-order valence-electron chi connectivity index (χ4n) is 0.430. The topological polar surface area (TPSA) is 3.24 Å². The molecule has 0 unspecified atom stereocenters. The van der Waals surface area contributed by atoms with Gasteiger partial charge >= 0.3 is 17.4 Å². The molecule has 0 aromatic heterocycles. The lowest BCUT2D eigenvalue weighted by Crippen LogP contribution is -2.50. The molecule has 0 aliphatic carbocycles. The highest BCUT2D eigenvalue weighted by molar-refractivity contribution is 8.23. The van der Waals surface area contributed by atoms with E-state index in [0.29, 0.717) is 0 Å². The quantitative estimate of drug-likeness (QED) is 0.567. The second kappa shape index (κ2) is 4.55. The Morgan fingerprint density at radius 1 is 1.00 bits per heavy atom. The SMILES string of the molecule is CN(C)C(=S)SC(F)(F)C(F)(F)C(F)(F)F.